The molecule has 4 heteroatoms. The quantitative estimate of drug-likeness (QED) is 0.787. The molecule has 0 aliphatic heterocycles. The van der Waals surface area contributed by atoms with Crippen molar-refractivity contribution < 1.29 is 4.52 Å². The highest BCUT2D eigenvalue weighted by atomic mass is 16.5. The summed E-state index contributed by atoms with van der Waals surface area (Å²) in [7, 11) is 2.16. The van der Waals surface area contributed by atoms with Crippen LogP contribution in [0.4, 0.5) is 0 Å². The van der Waals surface area contributed by atoms with E-state index >= 15 is 0 Å². The van der Waals surface area contributed by atoms with E-state index < -0.39 is 0 Å². The Balaban J connectivity index is 1.74. The molecule has 0 saturated heterocycles. The van der Waals surface area contributed by atoms with Gasteiger partial charge in [-0.25, -0.2) is 0 Å². The lowest BCUT2D eigenvalue weighted by molar-refractivity contribution is 0.186. The van der Waals surface area contributed by atoms with Crippen LogP contribution in [-0.2, 0) is 13.1 Å². The summed E-state index contributed by atoms with van der Waals surface area (Å²) in [5.74, 6) is 1.88. The zero-order chi connectivity index (χ0) is 12.1. The fourth-order valence-electron chi connectivity index (χ4n) is 2.21. The molecule has 1 aromatic heterocycles. The van der Waals surface area contributed by atoms with Gasteiger partial charge < -0.3 is 9.84 Å². The third-order valence-corrected chi connectivity index (χ3v) is 3.38. The van der Waals surface area contributed by atoms with Crippen LogP contribution in [0.3, 0.4) is 0 Å². The van der Waals surface area contributed by atoms with E-state index in [1.807, 2.05) is 0 Å². The first-order valence-corrected chi connectivity index (χ1v) is 6.61. The molecular formula is C13H23N3O. The van der Waals surface area contributed by atoms with Crippen molar-refractivity contribution in [2.75, 3.05) is 20.1 Å². The Morgan fingerprint density at radius 1 is 1.53 bits per heavy atom. The topological polar surface area (TPSA) is 41.3 Å². The number of hydrogen-bond acceptors (Lipinski definition) is 4. The fraction of sp³-hybridized carbons (Fsp3) is 0.769. The molecule has 0 radical (unpaired) electrons. The van der Waals surface area contributed by atoms with E-state index in [0.717, 1.165) is 37.0 Å². The minimum absolute atomic E-state index is 0.798. The summed E-state index contributed by atoms with van der Waals surface area (Å²) in [6.07, 6.45) is 4.20. The van der Waals surface area contributed by atoms with E-state index in [0.29, 0.717) is 0 Å². The first kappa shape index (κ1) is 12.6. The third kappa shape index (κ3) is 3.82. The average molecular weight is 237 g/mol. The minimum Gasteiger partial charge on any atom is -0.360 e. The van der Waals surface area contributed by atoms with Gasteiger partial charge in [-0.15, -0.1) is 0 Å². The van der Waals surface area contributed by atoms with Gasteiger partial charge in [-0.05, 0) is 32.4 Å². The number of rotatable bonds is 7. The standard InChI is InChI=1S/C13H23N3O/c1-3-14-8-12-7-13(17-15-12)10-16(2)9-11-5-4-6-11/h7,11,14H,3-6,8-10H2,1-2H3. The molecule has 1 aliphatic rings. The predicted octanol–water partition coefficient (Wildman–Crippen LogP) is 2.02. The minimum atomic E-state index is 0.798. The Morgan fingerprint density at radius 2 is 2.35 bits per heavy atom. The Labute approximate surface area is 103 Å². The molecule has 17 heavy (non-hydrogen) atoms. The van der Waals surface area contributed by atoms with Crippen LogP contribution in [-0.4, -0.2) is 30.2 Å². The molecule has 1 heterocycles. The lowest BCUT2D eigenvalue weighted by Crippen LogP contribution is -2.28. The van der Waals surface area contributed by atoms with Crippen LogP contribution < -0.4 is 5.32 Å². The van der Waals surface area contributed by atoms with Gasteiger partial charge in [0.25, 0.3) is 0 Å². The zero-order valence-electron chi connectivity index (χ0n) is 10.9. The van der Waals surface area contributed by atoms with Gasteiger partial charge in [0.05, 0.1) is 12.2 Å². The van der Waals surface area contributed by atoms with Crippen molar-refractivity contribution in [2.24, 2.45) is 5.92 Å². The van der Waals surface area contributed by atoms with Crippen LogP contribution in [0.25, 0.3) is 0 Å². The second-order valence-electron chi connectivity index (χ2n) is 5.06. The maximum atomic E-state index is 5.33. The summed E-state index contributed by atoms with van der Waals surface area (Å²) in [4.78, 5) is 2.33. The van der Waals surface area contributed by atoms with Gasteiger partial charge in [0.1, 0.15) is 0 Å². The van der Waals surface area contributed by atoms with Gasteiger partial charge in [0, 0.05) is 19.2 Å². The van der Waals surface area contributed by atoms with Gasteiger partial charge in [0.15, 0.2) is 5.76 Å². The SMILES string of the molecule is CCNCc1cc(CN(C)CC2CCC2)on1. The van der Waals surface area contributed by atoms with Gasteiger partial charge >= 0.3 is 0 Å². The molecule has 0 spiro atoms. The maximum absolute atomic E-state index is 5.33. The second kappa shape index (κ2) is 6.17. The molecule has 0 bridgehead atoms. The van der Waals surface area contributed by atoms with Crippen molar-refractivity contribution in [3.63, 3.8) is 0 Å². The van der Waals surface area contributed by atoms with E-state index in [1.165, 1.54) is 25.8 Å². The van der Waals surface area contributed by atoms with Crippen molar-refractivity contribution in [2.45, 2.75) is 39.3 Å². The molecule has 1 aromatic rings. The Morgan fingerprint density at radius 3 is 3.00 bits per heavy atom. The molecule has 1 saturated carbocycles. The number of nitrogens with zero attached hydrogens (tertiary/aromatic N) is 2. The summed E-state index contributed by atoms with van der Waals surface area (Å²) in [5, 5.41) is 7.30. The van der Waals surface area contributed by atoms with Crippen LogP contribution in [0, 0.1) is 5.92 Å². The van der Waals surface area contributed by atoms with Crippen molar-refractivity contribution in [1.82, 2.24) is 15.4 Å². The van der Waals surface area contributed by atoms with Crippen molar-refractivity contribution >= 4 is 0 Å². The van der Waals surface area contributed by atoms with Crippen LogP contribution >= 0.6 is 0 Å². The summed E-state index contributed by atoms with van der Waals surface area (Å²) < 4.78 is 5.33. The highest BCUT2D eigenvalue weighted by Crippen LogP contribution is 2.27. The highest BCUT2D eigenvalue weighted by Gasteiger charge is 2.19. The number of nitrogens with one attached hydrogen (secondary N) is 1. The van der Waals surface area contributed by atoms with Gasteiger partial charge in [0.2, 0.25) is 0 Å². The first-order valence-electron chi connectivity index (χ1n) is 6.61. The molecule has 1 fully saturated rings. The smallest absolute Gasteiger partial charge is 0.151 e. The van der Waals surface area contributed by atoms with Crippen molar-refractivity contribution in [3.05, 3.63) is 17.5 Å². The molecule has 1 aliphatic carbocycles. The molecule has 96 valence electrons. The zero-order valence-corrected chi connectivity index (χ0v) is 10.9. The second-order valence-corrected chi connectivity index (χ2v) is 5.06. The third-order valence-electron chi connectivity index (χ3n) is 3.38. The molecule has 0 amide bonds. The van der Waals surface area contributed by atoms with Crippen LogP contribution in [0.1, 0.15) is 37.6 Å². The monoisotopic (exact) mass is 237 g/mol. The summed E-state index contributed by atoms with van der Waals surface area (Å²) in [5.41, 5.74) is 0.999. The van der Waals surface area contributed by atoms with E-state index in [-0.39, 0.29) is 0 Å². The van der Waals surface area contributed by atoms with Gasteiger partial charge in [-0.2, -0.15) is 0 Å². The molecule has 0 unspecified atom stereocenters. The molecule has 0 atom stereocenters. The Hall–Kier alpha value is -0.870. The predicted molar refractivity (Wildman–Crippen MR) is 67.6 cm³/mol. The maximum Gasteiger partial charge on any atom is 0.151 e. The van der Waals surface area contributed by atoms with Crippen molar-refractivity contribution in [1.29, 1.82) is 0 Å². The Kier molecular flexibility index (Phi) is 4.57. The first-order chi connectivity index (χ1) is 8.28. The average Bonchev–Trinajstić information content (AvgIpc) is 2.68. The molecule has 4 nitrogen and oxygen atoms in total. The number of aromatic nitrogens is 1. The van der Waals surface area contributed by atoms with Gasteiger partial charge in [-0.1, -0.05) is 18.5 Å². The molecule has 1 N–H and O–H groups in total. The summed E-state index contributed by atoms with van der Waals surface area (Å²) >= 11 is 0. The van der Waals surface area contributed by atoms with E-state index in [9.17, 15) is 0 Å². The highest BCUT2D eigenvalue weighted by molar-refractivity contribution is 5.05. The summed E-state index contributed by atoms with van der Waals surface area (Å²) in [6.45, 7) is 5.91. The van der Waals surface area contributed by atoms with Crippen LogP contribution in [0.5, 0.6) is 0 Å². The van der Waals surface area contributed by atoms with Crippen molar-refractivity contribution in [3.8, 4) is 0 Å². The largest absolute Gasteiger partial charge is 0.360 e. The Bertz CT molecular complexity index is 333. The fourth-order valence-corrected chi connectivity index (χ4v) is 2.21. The molecule has 0 aromatic carbocycles. The lowest BCUT2D eigenvalue weighted by Gasteiger charge is -2.29. The van der Waals surface area contributed by atoms with Crippen LogP contribution in [0.15, 0.2) is 10.6 Å². The summed E-state index contributed by atoms with van der Waals surface area (Å²) in [6, 6.07) is 2.06. The molecular weight excluding hydrogens is 214 g/mol. The van der Waals surface area contributed by atoms with Gasteiger partial charge in [-0.3, -0.25) is 4.90 Å². The lowest BCUT2D eigenvalue weighted by atomic mass is 9.85. The van der Waals surface area contributed by atoms with E-state index in [4.69, 9.17) is 4.52 Å². The van der Waals surface area contributed by atoms with E-state index in [1.54, 1.807) is 0 Å². The number of hydrogen-bond donors (Lipinski definition) is 1. The van der Waals surface area contributed by atoms with E-state index in [2.05, 4.69) is 35.4 Å². The van der Waals surface area contributed by atoms with Crippen LogP contribution in [0.2, 0.25) is 0 Å². The normalized spacial score (nSPS) is 16.4. The molecule has 2 rings (SSSR count).